The predicted molar refractivity (Wildman–Crippen MR) is 79.3 cm³/mol. The number of carbonyl (C=O) groups excluding carboxylic acids is 2. The van der Waals surface area contributed by atoms with Crippen molar-refractivity contribution in [2.24, 2.45) is 11.1 Å². The van der Waals surface area contributed by atoms with E-state index in [0.29, 0.717) is 6.54 Å². The van der Waals surface area contributed by atoms with Crippen LogP contribution in [0.2, 0.25) is 0 Å². The average molecular weight is 277 g/mol. The topological polar surface area (TPSA) is 84.2 Å². The summed E-state index contributed by atoms with van der Waals surface area (Å²) in [5, 5.41) is 5.42. The van der Waals surface area contributed by atoms with E-state index in [9.17, 15) is 9.59 Å². The van der Waals surface area contributed by atoms with Crippen LogP contribution >= 0.6 is 0 Å². The Morgan fingerprint density at radius 2 is 1.85 bits per heavy atom. The molecule has 1 aromatic carbocycles. The van der Waals surface area contributed by atoms with Gasteiger partial charge in [-0.15, -0.1) is 0 Å². The first-order valence-electron chi connectivity index (χ1n) is 6.69. The van der Waals surface area contributed by atoms with Gasteiger partial charge in [-0.3, -0.25) is 4.79 Å². The van der Waals surface area contributed by atoms with E-state index in [0.717, 1.165) is 6.42 Å². The normalized spacial score (nSPS) is 10.9. The molecule has 3 amide bonds. The lowest BCUT2D eigenvalue weighted by molar-refractivity contribution is -0.125. The van der Waals surface area contributed by atoms with Crippen molar-refractivity contribution in [2.45, 2.75) is 27.2 Å². The molecule has 0 atom stereocenters. The van der Waals surface area contributed by atoms with Gasteiger partial charge in [0.1, 0.15) is 0 Å². The molecular weight excluding hydrogens is 254 g/mol. The quantitative estimate of drug-likeness (QED) is 0.733. The average Bonchev–Trinajstić information content (AvgIpc) is 2.38. The second-order valence-electron chi connectivity index (χ2n) is 5.53. The maximum absolute atomic E-state index is 11.6. The fraction of sp³-hybridized carbons (Fsp3) is 0.467. The molecule has 0 heterocycles. The minimum atomic E-state index is -0.743. The molecule has 1 aromatic rings. The first-order valence-corrected chi connectivity index (χ1v) is 6.69. The van der Waals surface area contributed by atoms with Gasteiger partial charge < -0.3 is 16.4 Å². The smallest absolute Gasteiger partial charge is 0.314 e. The zero-order valence-electron chi connectivity index (χ0n) is 12.3. The molecule has 5 nitrogen and oxygen atoms in total. The van der Waals surface area contributed by atoms with E-state index in [1.807, 2.05) is 31.2 Å². The van der Waals surface area contributed by atoms with Gasteiger partial charge in [0.05, 0.1) is 5.41 Å². The maximum Gasteiger partial charge on any atom is 0.314 e. The summed E-state index contributed by atoms with van der Waals surface area (Å²) < 4.78 is 0. The van der Waals surface area contributed by atoms with E-state index < -0.39 is 11.3 Å². The Hall–Kier alpha value is -2.04. The van der Waals surface area contributed by atoms with Gasteiger partial charge in [0.2, 0.25) is 5.91 Å². The third-order valence-electron chi connectivity index (χ3n) is 3.30. The van der Waals surface area contributed by atoms with Gasteiger partial charge in [0, 0.05) is 13.1 Å². The molecule has 0 fully saturated rings. The minimum absolute atomic E-state index is 0.221. The van der Waals surface area contributed by atoms with Crippen molar-refractivity contribution in [1.29, 1.82) is 0 Å². The molecule has 4 N–H and O–H groups in total. The van der Waals surface area contributed by atoms with E-state index in [1.54, 1.807) is 13.8 Å². The number of hydrogen-bond donors (Lipinski definition) is 3. The van der Waals surface area contributed by atoms with Crippen molar-refractivity contribution in [3.8, 4) is 0 Å². The Kier molecular flexibility index (Phi) is 5.55. The van der Waals surface area contributed by atoms with Crippen LogP contribution in [0.4, 0.5) is 4.79 Å². The zero-order valence-corrected chi connectivity index (χ0v) is 12.3. The lowest BCUT2D eigenvalue weighted by Gasteiger charge is -2.20. The van der Waals surface area contributed by atoms with Crippen LogP contribution in [0.15, 0.2) is 24.3 Å². The summed E-state index contributed by atoms with van der Waals surface area (Å²) in [6, 6.07) is 7.78. The molecule has 0 aliphatic heterocycles. The van der Waals surface area contributed by atoms with Crippen molar-refractivity contribution in [1.82, 2.24) is 10.6 Å². The first kappa shape index (κ1) is 16.0. The monoisotopic (exact) mass is 277 g/mol. The highest BCUT2D eigenvalue weighted by atomic mass is 16.2. The van der Waals surface area contributed by atoms with Gasteiger partial charge in [-0.25, -0.2) is 4.79 Å². The van der Waals surface area contributed by atoms with Crippen LogP contribution in [-0.2, 0) is 11.2 Å². The molecule has 0 saturated carbocycles. The number of benzene rings is 1. The number of amides is 3. The van der Waals surface area contributed by atoms with Crippen LogP contribution < -0.4 is 16.4 Å². The van der Waals surface area contributed by atoms with Gasteiger partial charge >= 0.3 is 6.03 Å². The van der Waals surface area contributed by atoms with Gasteiger partial charge in [0.15, 0.2) is 0 Å². The van der Waals surface area contributed by atoms with Gasteiger partial charge in [-0.2, -0.15) is 0 Å². The second kappa shape index (κ2) is 6.93. The molecule has 0 unspecified atom stereocenters. The third-order valence-corrected chi connectivity index (χ3v) is 3.30. The summed E-state index contributed by atoms with van der Waals surface area (Å²) >= 11 is 0. The molecule has 0 aliphatic carbocycles. The van der Waals surface area contributed by atoms with Crippen LogP contribution in [0, 0.1) is 12.3 Å². The lowest BCUT2D eigenvalue weighted by atomic mass is 9.93. The molecule has 20 heavy (non-hydrogen) atoms. The van der Waals surface area contributed by atoms with E-state index in [2.05, 4.69) is 10.6 Å². The maximum atomic E-state index is 11.6. The number of carbonyl (C=O) groups is 2. The van der Waals surface area contributed by atoms with Crippen molar-refractivity contribution in [3.05, 3.63) is 35.4 Å². The molecular formula is C15H23N3O2. The summed E-state index contributed by atoms with van der Waals surface area (Å²) in [7, 11) is 0. The molecule has 0 saturated heterocycles. The highest BCUT2D eigenvalue weighted by molar-refractivity contribution is 5.81. The summed E-state index contributed by atoms with van der Waals surface area (Å²) in [6.07, 6.45) is 0.777. The predicted octanol–water partition coefficient (Wildman–Crippen LogP) is 1.35. The molecule has 0 bridgehead atoms. The standard InChI is InChI=1S/C15H23N3O2/c1-11-6-4-5-7-12(11)8-9-17-14(20)18-10-15(2,3)13(16)19/h4-7H,8-10H2,1-3H3,(H2,16,19)(H2,17,18,20). The first-order chi connectivity index (χ1) is 9.33. The molecule has 0 aromatic heterocycles. The van der Waals surface area contributed by atoms with Crippen LogP contribution in [0.5, 0.6) is 0 Å². The number of nitrogens with two attached hydrogens (primary N) is 1. The molecule has 110 valence electrons. The van der Waals surface area contributed by atoms with Crippen LogP contribution in [0.25, 0.3) is 0 Å². The molecule has 5 heteroatoms. The summed E-state index contributed by atoms with van der Waals surface area (Å²) in [5.74, 6) is -0.433. The summed E-state index contributed by atoms with van der Waals surface area (Å²) in [6.45, 7) is 6.21. The SMILES string of the molecule is Cc1ccccc1CCNC(=O)NCC(C)(C)C(N)=O. The second-order valence-corrected chi connectivity index (χ2v) is 5.53. The largest absolute Gasteiger partial charge is 0.369 e. The minimum Gasteiger partial charge on any atom is -0.369 e. The van der Waals surface area contributed by atoms with E-state index in [1.165, 1.54) is 11.1 Å². The third kappa shape index (κ3) is 4.91. The van der Waals surface area contributed by atoms with Crippen molar-refractivity contribution >= 4 is 11.9 Å². The van der Waals surface area contributed by atoms with E-state index >= 15 is 0 Å². The van der Waals surface area contributed by atoms with Gasteiger partial charge in [-0.05, 0) is 38.3 Å². The fourth-order valence-corrected chi connectivity index (χ4v) is 1.65. The van der Waals surface area contributed by atoms with Crippen molar-refractivity contribution in [3.63, 3.8) is 0 Å². The Labute approximate surface area is 119 Å². The lowest BCUT2D eigenvalue weighted by Crippen LogP contribution is -2.46. The number of rotatable bonds is 6. The Morgan fingerprint density at radius 3 is 2.45 bits per heavy atom. The molecule has 0 radical (unpaired) electrons. The molecule has 0 spiro atoms. The Balaban J connectivity index is 2.31. The van der Waals surface area contributed by atoms with Crippen LogP contribution in [0.1, 0.15) is 25.0 Å². The van der Waals surface area contributed by atoms with Crippen LogP contribution in [-0.4, -0.2) is 25.0 Å². The van der Waals surface area contributed by atoms with Crippen LogP contribution in [0.3, 0.4) is 0 Å². The number of primary amides is 1. The number of aryl methyl sites for hydroxylation is 1. The van der Waals surface area contributed by atoms with E-state index in [4.69, 9.17) is 5.73 Å². The summed E-state index contributed by atoms with van der Waals surface area (Å²) in [5.41, 5.74) is 6.92. The highest BCUT2D eigenvalue weighted by Crippen LogP contribution is 2.11. The highest BCUT2D eigenvalue weighted by Gasteiger charge is 2.25. The van der Waals surface area contributed by atoms with Crippen molar-refractivity contribution < 1.29 is 9.59 Å². The van der Waals surface area contributed by atoms with Gasteiger partial charge in [-0.1, -0.05) is 24.3 Å². The zero-order chi connectivity index (χ0) is 15.2. The summed E-state index contributed by atoms with van der Waals surface area (Å²) in [4.78, 5) is 22.7. The van der Waals surface area contributed by atoms with Crippen molar-refractivity contribution in [2.75, 3.05) is 13.1 Å². The van der Waals surface area contributed by atoms with E-state index in [-0.39, 0.29) is 12.6 Å². The van der Waals surface area contributed by atoms with Gasteiger partial charge in [0.25, 0.3) is 0 Å². The molecule has 1 rings (SSSR count). The number of hydrogen-bond acceptors (Lipinski definition) is 2. The number of nitrogens with one attached hydrogen (secondary N) is 2. The molecule has 0 aliphatic rings. The fourth-order valence-electron chi connectivity index (χ4n) is 1.65. The Morgan fingerprint density at radius 1 is 1.20 bits per heavy atom. The Bertz CT molecular complexity index is 484. The number of urea groups is 1.